The second-order valence-corrected chi connectivity index (χ2v) is 4.56. The lowest BCUT2D eigenvalue weighted by molar-refractivity contribution is 0.402. The number of hydrogen-bond acceptors (Lipinski definition) is 3. The number of piperidine rings is 1. The Hall–Kier alpha value is -1.11. The van der Waals surface area contributed by atoms with Crippen LogP contribution in [-0.4, -0.2) is 28.0 Å². The number of nitrogens with one attached hydrogen (secondary N) is 3. The van der Waals surface area contributed by atoms with Gasteiger partial charge in [-0.15, -0.1) is 0 Å². The summed E-state index contributed by atoms with van der Waals surface area (Å²) in [6, 6.07) is 1.21. The highest BCUT2D eigenvalue weighted by atomic mass is 36.5. The number of fused-ring (bicyclic) bond motifs is 1. The fourth-order valence-electron chi connectivity index (χ4n) is 1.86. The summed E-state index contributed by atoms with van der Waals surface area (Å²) in [6.07, 6.45) is 3.80. The van der Waals surface area contributed by atoms with Crippen LogP contribution in [-0.2, 0) is 0 Å². The first kappa shape index (κ1) is 16.9. The van der Waals surface area contributed by atoms with Crippen LogP contribution in [0.4, 0.5) is 4.39 Å². The third-order valence-corrected chi connectivity index (χ3v) is 2.96. The minimum absolute atomic E-state index is 0.372. The Morgan fingerprint density at radius 3 is 2.50 bits per heavy atom. The molecular weight excluding hydrogens is 306 g/mol. The van der Waals surface area contributed by atoms with Crippen LogP contribution in [0.15, 0.2) is 17.1 Å². The van der Waals surface area contributed by atoms with Crippen molar-refractivity contribution in [1.29, 1.82) is 0 Å². The number of aromatic amines is 2. The lowest BCUT2D eigenvalue weighted by Gasteiger charge is -2.17. The van der Waals surface area contributed by atoms with Crippen LogP contribution in [0.25, 0.3) is 11.2 Å². The Balaban J connectivity index is 0.000000193. The summed E-state index contributed by atoms with van der Waals surface area (Å²) in [6.45, 7) is 4.79. The topological polar surface area (TPSA) is 73.6 Å². The van der Waals surface area contributed by atoms with Crippen molar-refractivity contribution in [3.63, 3.8) is 0 Å². The van der Waals surface area contributed by atoms with Crippen molar-refractivity contribution in [2.45, 2.75) is 19.8 Å². The van der Waals surface area contributed by atoms with E-state index in [1.807, 2.05) is 0 Å². The van der Waals surface area contributed by atoms with Gasteiger partial charge in [-0.05, 0) is 31.8 Å². The van der Waals surface area contributed by atoms with Gasteiger partial charge in [-0.2, -0.15) is 0 Å². The number of pyridine rings is 1. The van der Waals surface area contributed by atoms with Gasteiger partial charge in [-0.1, -0.05) is 6.92 Å². The van der Waals surface area contributed by atoms with Gasteiger partial charge in [0, 0.05) is 27.8 Å². The number of hydrogen-bond donors (Lipinski definition) is 3. The summed E-state index contributed by atoms with van der Waals surface area (Å²) in [5, 5.41) is 3.32. The fourth-order valence-corrected chi connectivity index (χ4v) is 1.86. The minimum atomic E-state index is -0.465. The zero-order valence-electron chi connectivity index (χ0n) is 11.0. The normalized spacial score (nSPS) is 15.0. The number of rotatable bonds is 0. The smallest absolute Gasteiger partial charge is 0.317 e. The third-order valence-electron chi connectivity index (χ3n) is 2.96. The van der Waals surface area contributed by atoms with Crippen molar-refractivity contribution in [3.05, 3.63) is 28.6 Å². The molecule has 2 aromatic rings. The molecule has 1 fully saturated rings. The molecule has 8 heteroatoms. The van der Waals surface area contributed by atoms with Gasteiger partial charge in [0.15, 0.2) is 5.65 Å². The van der Waals surface area contributed by atoms with Gasteiger partial charge in [-0.3, -0.25) is 4.98 Å². The van der Waals surface area contributed by atoms with E-state index in [-0.39, 0.29) is 5.69 Å². The Bertz CT molecular complexity index is 566. The maximum Gasteiger partial charge on any atom is 0.325 e. The van der Waals surface area contributed by atoms with Gasteiger partial charge < -0.3 is 10.3 Å². The molecule has 1 aliphatic heterocycles. The quantitative estimate of drug-likeness (QED) is 0.698. The molecule has 0 bridgehead atoms. The maximum absolute atomic E-state index is 12.4. The summed E-state index contributed by atoms with van der Waals surface area (Å²) >= 11 is 0. The molecule has 112 valence electrons. The van der Waals surface area contributed by atoms with E-state index >= 15 is 0 Å². The van der Waals surface area contributed by atoms with Gasteiger partial charge in [0.25, 0.3) is 0 Å². The Morgan fingerprint density at radius 1 is 1.30 bits per heavy atom. The van der Waals surface area contributed by atoms with E-state index < -0.39 is 5.82 Å². The summed E-state index contributed by atoms with van der Waals surface area (Å²) in [5.41, 5.74) is 0.379. The van der Waals surface area contributed by atoms with E-state index in [9.17, 15) is 9.18 Å². The molecule has 0 radical (unpaired) electrons. The highest BCUT2D eigenvalue weighted by Gasteiger charge is 2.05. The lowest BCUT2D eigenvalue weighted by Crippen LogP contribution is -2.26. The largest absolute Gasteiger partial charge is 0.325 e. The number of nitrogens with zero attached hydrogens (tertiary/aromatic N) is 1. The molecule has 3 heterocycles. The first-order valence-electron chi connectivity index (χ1n) is 6.23. The molecular formula is C12H17Cl2FN4O. The van der Waals surface area contributed by atoms with Gasteiger partial charge in [0.1, 0.15) is 5.82 Å². The van der Waals surface area contributed by atoms with E-state index in [0.29, 0.717) is 11.2 Å². The second kappa shape index (κ2) is 8.94. The molecule has 0 amide bonds. The van der Waals surface area contributed by atoms with Crippen molar-refractivity contribution in [2.24, 2.45) is 5.92 Å². The van der Waals surface area contributed by atoms with E-state index in [4.69, 9.17) is 0 Å². The zero-order chi connectivity index (χ0) is 15.0. The summed E-state index contributed by atoms with van der Waals surface area (Å²) in [7, 11) is 8.22. The van der Waals surface area contributed by atoms with Gasteiger partial charge in [-0.25, -0.2) is 14.2 Å². The average molecular weight is 323 g/mol. The van der Waals surface area contributed by atoms with Crippen molar-refractivity contribution < 1.29 is 4.39 Å². The number of H-pyrrole nitrogens is 2. The van der Waals surface area contributed by atoms with Crippen molar-refractivity contribution >= 4 is 32.9 Å². The number of halogens is 3. The minimum Gasteiger partial charge on any atom is -0.317 e. The molecule has 5 nitrogen and oxygen atoms in total. The average Bonchev–Trinajstić information content (AvgIpc) is 2.82. The van der Waals surface area contributed by atoms with Crippen molar-refractivity contribution in [1.82, 2.24) is 20.3 Å². The van der Waals surface area contributed by atoms with Crippen LogP contribution in [0.3, 0.4) is 0 Å². The van der Waals surface area contributed by atoms with Gasteiger partial charge in [0.2, 0.25) is 0 Å². The molecule has 3 rings (SSSR count). The SMILES string of the molecule is CC1CCNCC1.ClCl.O=c1[nH]c2cc(F)cnc2[nH]1. The predicted molar refractivity (Wildman–Crippen MR) is 79.6 cm³/mol. The standard InChI is InChI=1S/C6H4FN3O.C6H13N.Cl2/c7-3-1-4-5(8-2-3)10-6(11)9-4;1-6-2-4-7-5-3-6;1-2/h1-2H,(H2,8,9,10,11);6-7H,2-5H2,1H3;. The first-order chi connectivity index (χ1) is 9.65. The lowest BCUT2D eigenvalue weighted by atomic mass is 10.0. The van der Waals surface area contributed by atoms with Crippen LogP contribution in [0, 0.1) is 11.7 Å². The van der Waals surface area contributed by atoms with Crippen LogP contribution in [0.2, 0.25) is 0 Å². The first-order valence-corrected chi connectivity index (χ1v) is 7.38. The van der Waals surface area contributed by atoms with Crippen molar-refractivity contribution in [3.8, 4) is 0 Å². The Kier molecular flexibility index (Phi) is 7.58. The molecule has 1 aliphatic rings. The molecule has 0 atom stereocenters. The van der Waals surface area contributed by atoms with E-state index in [1.165, 1.54) is 32.0 Å². The van der Waals surface area contributed by atoms with Gasteiger partial charge >= 0.3 is 5.69 Å². The molecule has 0 saturated carbocycles. The Labute approximate surface area is 125 Å². The third kappa shape index (κ3) is 5.48. The molecule has 1 saturated heterocycles. The molecule has 0 aromatic carbocycles. The van der Waals surface area contributed by atoms with Crippen LogP contribution >= 0.6 is 21.7 Å². The van der Waals surface area contributed by atoms with E-state index in [2.05, 4.69) is 48.9 Å². The fraction of sp³-hybridized carbons (Fsp3) is 0.500. The van der Waals surface area contributed by atoms with Crippen LogP contribution < -0.4 is 11.0 Å². The van der Waals surface area contributed by atoms with E-state index in [1.54, 1.807) is 0 Å². The van der Waals surface area contributed by atoms with Crippen LogP contribution in [0.5, 0.6) is 0 Å². The van der Waals surface area contributed by atoms with Crippen LogP contribution in [0.1, 0.15) is 19.8 Å². The summed E-state index contributed by atoms with van der Waals surface area (Å²) < 4.78 is 12.4. The summed E-state index contributed by atoms with van der Waals surface area (Å²) in [5.74, 6) is 0.508. The monoisotopic (exact) mass is 322 g/mol. The molecule has 20 heavy (non-hydrogen) atoms. The predicted octanol–water partition coefficient (Wildman–Crippen LogP) is 2.78. The molecule has 0 aliphatic carbocycles. The number of aromatic nitrogens is 3. The zero-order valence-corrected chi connectivity index (χ0v) is 12.6. The molecule has 2 aromatic heterocycles. The highest BCUT2D eigenvalue weighted by molar-refractivity contribution is 6.85. The van der Waals surface area contributed by atoms with Gasteiger partial charge in [0.05, 0.1) is 11.7 Å². The molecule has 0 spiro atoms. The molecule has 3 N–H and O–H groups in total. The molecule has 0 unspecified atom stereocenters. The Morgan fingerprint density at radius 2 is 1.95 bits per heavy atom. The second-order valence-electron chi connectivity index (χ2n) is 4.56. The summed E-state index contributed by atoms with van der Waals surface area (Å²) in [4.78, 5) is 19.0. The maximum atomic E-state index is 12.4. The van der Waals surface area contributed by atoms with Crippen molar-refractivity contribution in [2.75, 3.05) is 13.1 Å². The number of imidazole rings is 1. The van der Waals surface area contributed by atoms with E-state index in [0.717, 1.165) is 12.1 Å². The highest BCUT2D eigenvalue weighted by Crippen LogP contribution is 2.08.